The highest BCUT2D eigenvalue weighted by atomic mass is 35.5. The van der Waals surface area contributed by atoms with Gasteiger partial charge in [0.1, 0.15) is 10.6 Å². The second-order valence-corrected chi connectivity index (χ2v) is 7.83. The molecular weight excluding hydrogens is 352 g/mol. The lowest BCUT2D eigenvalue weighted by Crippen LogP contribution is -2.29. The average Bonchev–Trinajstić information content (AvgIpc) is 2.99. The van der Waals surface area contributed by atoms with E-state index in [1.54, 1.807) is 38.1 Å². The highest BCUT2D eigenvalue weighted by Crippen LogP contribution is 2.27. The summed E-state index contributed by atoms with van der Waals surface area (Å²) >= 11 is 5.86. The largest absolute Gasteiger partial charge is 0.477 e. The van der Waals surface area contributed by atoms with E-state index in [2.05, 4.69) is 0 Å². The molecule has 0 bridgehead atoms. The number of carboxylic acids is 1. The minimum absolute atomic E-state index is 0.0370. The van der Waals surface area contributed by atoms with Crippen molar-refractivity contribution in [2.75, 3.05) is 7.05 Å². The van der Waals surface area contributed by atoms with Gasteiger partial charge in [-0.25, -0.2) is 13.2 Å². The van der Waals surface area contributed by atoms with Gasteiger partial charge < -0.3 is 9.67 Å². The van der Waals surface area contributed by atoms with Crippen LogP contribution in [0.1, 0.15) is 35.9 Å². The third kappa shape index (κ3) is 3.48. The Morgan fingerprint density at radius 1 is 1.33 bits per heavy atom. The van der Waals surface area contributed by atoms with E-state index in [0.717, 1.165) is 5.56 Å². The number of carboxylic acid groups (broad SMARTS) is 1. The van der Waals surface area contributed by atoms with Crippen LogP contribution in [0.3, 0.4) is 0 Å². The van der Waals surface area contributed by atoms with E-state index in [0.29, 0.717) is 11.6 Å². The maximum absolute atomic E-state index is 12.8. The Labute approximate surface area is 146 Å². The molecule has 1 heterocycles. The van der Waals surface area contributed by atoms with Crippen molar-refractivity contribution in [3.8, 4) is 0 Å². The minimum atomic E-state index is -3.83. The van der Waals surface area contributed by atoms with E-state index in [9.17, 15) is 18.3 Å². The SMILES string of the molecule is CCn1cc(S(=O)(=O)N(C)C(C)c2ccc(Cl)cc2)cc1C(=O)O. The van der Waals surface area contributed by atoms with Crippen LogP contribution in [-0.2, 0) is 16.6 Å². The van der Waals surface area contributed by atoms with Crippen LogP contribution in [0.2, 0.25) is 5.02 Å². The molecule has 0 radical (unpaired) electrons. The van der Waals surface area contributed by atoms with Gasteiger partial charge in [0.15, 0.2) is 0 Å². The first kappa shape index (κ1) is 18.5. The summed E-state index contributed by atoms with van der Waals surface area (Å²) in [6.07, 6.45) is 1.35. The molecule has 0 aliphatic carbocycles. The summed E-state index contributed by atoms with van der Waals surface area (Å²) in [5.41, 5.74) is 0.738. The zero-order valence-electron chi connectivity index (χ0n) is 13.6. The molecule has 1 aromatic carbocycles. The molecule has 0 spiro atoms. The molecule has 2 rings (SSSR count). The maximum Gasteiger partial charge on any atom is 0.352 e. The van der Waals surface area contributed by atoms with Gasteiger partial charge in [-0.15, -0.1) is 0 Å². The van der Waals surface area contributed by atoms with Crippen molar-refractivity contribution in [3.05, 3.63) is 52.8 Å². The molecule has 24 heavy (non-hydrogen) atoms. The Hall–Kier alpha value is -1.83. The number of aryl methyl sites for hydroxylation is 1. The lowest BCUT2D eigenvalue weighted by Gasteiger charge is -2.24. The molecule has 0 fully saturated rings. The Morgan fingerprint density at radius 2 is 1.92 bits per heavy atom. The van der Waals surface area contributed by atoms with E-state index in [4.69, 9.17) is 11.6 Å². The molecule has 130 valence electrons. The molecule has 0 aliphatic heterocycles. The lowest BCUT2D eigenvalue weighted by molar-refractivity contribution is 0.0685. The van der Waals surface area contributed by atoms with E-state index in [1.807, 2.05) is 0 Å². The van der Waals surface area contributed by atoms with Crippen molar-refractivity contribution in [1.82, 2.24) is 8.87 Å². The minimum Gasteiger partial charge on any atom is -0.477 e. The van der Waals surface area contributed by atoms with Crippen LogP contribution in [0.25, 0.3) is 0 Å². The molecule has 8 heteroatoms. The highest BCUT2D eigenvalue weighted by Gasteiger charge is 2.29. The summed E-state index contributed by atoms with van der Waals surface area (Å²) in [5.74, 6) is -1.16. The molecule has 1 atom stereocenters. The molecule has 0 saturated heterocycles. The number of hydrogen-bond acceptors (Lipinski definition) is 3. The van der Waals surface area contributed by atoms with E-state index in [1.165, 1.54) is 28.2 Å². The van der Waals surface area contributed by atoms with Gasteiger partial charge in [-0.05, 0) is 37.6 Å². The van der Waals surface area contributed by atoms with Gasteiger partial charge in [-0.3, -0.25) is 0 Å². The number of hydrogen-bond donors (Lipinski definition) is 1. The maximum atomic E-state index is 12.8. The number of aromatic carboxylic acids is 1. The van der Waals surface area contributed by atoms with Crippen molar-refractivity contribution in [2.24, 2.45) is 0 Å². The van der Waals surface area contributed by atoms with Crippen LogP contribution in [0.4, 0.5) is 0 Å². The number of halogens is 1. The van der Waals surface area contributed by atoms with Crippen LogP contribution < -0.4 is 0 Å². The highest BCUT2D eigenvalue weighted by molar-refractivity contribution is 7.89. The quantitative estimate of drug-likeness (QED) is 0.846. The Kier molecular flexibility index (Phi) is 5.37. The first-order chi connectivity index (χ1) is 11.2. The molecule has 6 nitrogen and oxygen atoms in total. The number of sulfonamides is 1. The van der Waals surface area contributed by atoms with Gasteiger partial charge >= 0.3 is 5.97 Å². The van der Waals surface area contributed by atoms with Crippen LogP contribution in [0.15, 0.2) is 41.4 Å². The van der Waals surface area contributed by atoms with Crippen LogP contribution >= 0.6 is 11.6 Å². The number of benzene rings is 1. The van der Waals surface area contributed by atoms with Crippen molar-refractivity contribution in [1.29, 1.82) is 0 Å². The zero-order chi connectivity index (χ0) is 18.1. The van der Waals surface area contributed by atoms with Gasteiger partial charge in [-0.2, -0.15) is 4.31 Å². The second-order valence-electron chi connectivity index (χ2n) is 5.40. The van der Waals surface area contributed by atoms with Gasteiger partial charge in [-0.1, -0.05) is 23.7 Å². The molecular formula is C16H19ClN2O4S. The van der Waals surface area contributed by atoms with Gasteiger partial charge in [0.2, 0.25) is 10.0 Å². The number of aromatic nitrogens is 1. The number of rotatable bonds is 6. The van der Waals surface area contributed by atoms with Crippen LogP contribution in [-0.4, -0.2) is 35.4 Å². The van der Waals surface area contributed by atoms with Crippen molar-refractivity contribution in [2.45, 2.75) is 31.3 Å². The number of nitrogens with zero attached hydrogens (tertiary/aromatic N) is 2. The first-order valence-corrected chi connectivity index (χ1v) is 9.17. The fourth-order valence-electron chi connectivity index (χ4n) is 2.39. The van der Waals surface area contributed by atoms with E-state index in [-0.39, 0.29) is 10.6 Å². The fourth-order valence-corrected chi connectivity index (χ4v) is 3.91. The Bertz CT molecular complexity index is 843. The van der Waals surface area contributed by atoms with Crippen LogP contribution in [0.5, 0.6) is 0 Å². The fraction of sp³-hybridized carbons (Fsp3) is 0.312. The van der Waals surface area contributed by atoms with E-state index < -0.39 is 22.0 Å². The topological polar surface area (TPSA) is 79.6 Å². The third-order valence-corrected chi connectivity index (χ3v) is 6.15. The summed E-state index contributed by atoms with van der Waals surface area (Å²) in [6.45, 7) is 3.88. The standard InChI is InChI=1S/C16H19ClN2O4S/c1-4-19-10-14(9-15(19)16(20)21)24(22,23)18(3)11(2)12-5-7-13(17)8-6-12/h5-11H,4H2,1-3H3,(H,20,21). The van der Waals surface area contributed by atoms with E-state index >= 15 is 0 Å². The van der Waals surface area contributed by atoms with Gasteiger partial charge in [0.05, 0.1) is 0 Å². The van der Waals surface area contributed by atoms with Gasteiger partial charge in [0.25, 0.3) is 0 Å². The zero-order valence-corrected chi connectivity index (χ0v) is 15.2. The molecule has 1 unspecified atom stereocenters. The monoisotopic (exact) mass is 370 g/mol. The third-order valence-electron chi connectivity index (χ3n) is 4.01. The predicted molar refractivity (Wildman–Crippen MR) is 91.9 cm³/mol. The summed E-state index contributed by atoms with van der Waals surface area (Å²) in [5, 5.41) is 9.76. The predicted octanol–water partition coefficient (Wildman–Crippen LogP) is 3.24. The molecule has 1 N–H and O–H groups in total. The normalized spacial score (nSPS) is 13.2. The van der Waals surface area contributed by atoms with Crippen LogP contribution in [0, 0.1) is 0 Å². The summed E-state index contributed by atoms with van der Waals surface area (Å²) in [7, 11) is -2.36. The summed E-state index contributed by atoms with van der Waals surface area (Å²) in [4.78, 5) is 11.2. The smallest absolute Gasteiger partial charge is 0.352 e. The summed E-state index contributed by atoms with van der Waals surface area (Å²) < 4.78 is 28.2. The Balaban J connectivity index is 2.38. The summed E-state index contributed by atoms with van der Waals surface area (Å²) in [6, 6.07) is 7.68. The molecule has 1 aromatic heterocycles. The van der Waals surface area contributed by atoms with Gasteiger partial charge in [0, 0.05) is 30.9 Å². The second kappa shape index (κ2) is 6.96. The van der Waals surface area contributed by atoms with Crippen molar-refractivity contribution >= 4 is 27.6 Å². The van der Waals surface area contributed by atoms with Crippen molar-refractivity contribution in [3.63, 3.8) is 0 Å². The van der Waals surface area contributed by atoms with Crippen molar-refractivity contribution < 1.29 is 18.3 Å². The average molecular weight is 371 g/mol. The Morgan fingerprint density at radius 3 is 2.38 bits per heavy atom. The number of carbonyl (C=O) groups is 1. The molecule has 2 aromatic rings. The lowest BCUT2D eigenvalue weighted by atomic mass is 10.1. The first-order valence-electron chi connectivity index (χ1n) is 7.35. The molecule has 0 aliphatic rings. The molecule has 0 amide bonds. The molecule has 0 saturated carbocycles.